The van der Waals surface area contributed by atoms with Gasteiger partial charge in [-0.3, -0.25) is 19.2 Å². The summed E-state index contributed by atoms with van der Waals surface area (Å²) in [5.41, 5.74) is 10.7. The number of primary amides is 1. The number of amides is 2. The van der Waals surface area contributed by atoms with Crippen molar-refractivity contribution in [2.75, 3.05) is 0 Å². The van der Waals surface area contributed by atoms with Gasteiger partial charge in [0, 0.05) is 29.9 Å². The Morgan fingerprint density at radius 1 is 1.21 bits per heavy atom. The predicted octanol–water partition coefficient (Wildman–Crippen LogP) is 2.79. The molecule has 2 atom stereocenters. The van der Waals surface area contributed by atoms with Crippen molar-refractivity contribution in [3.8, 4) is 11.4 Å². The molecule has 1 aliphatic carbocycles. The van der Waals surface area contributed by atoms with E-state index in [1.165, 1.54) is 6.07 Å². The number of carbonyl (C=O) groups excluding carboxylic acids is 3. The van der Waals surface area contributed by atoms with Gasteiger partial charge in [0.25, 0.3) is 5.56 Å². The van der Waals surface area contributed by atoms with E-state index >= 15 is 0 Å². The van der Waals surface area contributed by atoms with Crippen molar-refractivity contribution in [2.45, 2.75) is 71.1 Å². The third kappa shape index (κ3) is 3.53. The zero-order valence-corrected chi connectivity index (χ0v) is 21.2. The molecule has 38 heavy (non-hydrogen) atoms. The highest BCUT2D eigenvalue weighted by Crippen LogP contribution is 2.45. The van der Waals surface area contributed by atoms with E-state index in [-0.39, 0.29) is 49.2 Å². The summed E-state index contributed by atoms with van der Waals surface area (Å²) >= 11 is 0. The van der Waals surface area contributed by atoms with Crippen molar-refractivity contribution in [3.05, 3.63) is 61.7 Å². The number of carbonyl (C=O) groups is 3. The summed E-state index contributed by atoms with van der Waals surface area (Å²) in [7, 11) is 0. The molecule has 2 aliphatic heterocycles. The average Bonchev–Trinajstić information content (AvgIpc) is 3.25. The van der Waals surface area contributed by atoms with Crippen LogP contribution < -0.4 is 16.6 Å². The van der Waals surface area contributed by atoms with Gasteiger partial charge >= 0.3 is 5.97 Å². The largest absolute Gasteiger partial charge is 0.460 e. The Bertz CT molecular complexity index is 1640. The first-order valence-electron chi connectivity index (χ1n) is 12.8. The highest BCUT2D eigenvalue weighted by Gasteiger charge is 2.37. The number of aryl methyl sites for hydroxylation is 1. The molecular weight excluding hydrogens is 491 g/mol. The predicted molar refractivity (Wildman–Crippen MR) is 136 cm³/mol. The number of nitrogens with two attached hydrogens (primary N) is 1. The number of pyridine rings is 2. The third-order valence-electron chi connectivity index (χ3n) is 8.13. The minimum Gasteiger partial charge on any atom is -0.460 e. The Morgan fingerprint density at radius 2 is 2.00 bits per heavy atom. The van der Waals surface area contributed by atoms with Crippen molar-refractivity contribution in [2.24, 2.45) is 5.73 Å². The van der Waals surface area contributed by atoms with Crippen molar-refractivity contribution < 1.29 is 23.5 Å². The van der Waals surface area contributed by atoms with Crippen LogP contribution in [0, 0.1) is 12.7 Å². The highest BCUT2D eigenvalue weighted by molar-refractivity contribution is 5.94. The average molecular weight is 519 g/mol. The van der Waals surface area contributed by atoms with Crippen LogP contribution in [-0.4, -0.2) is 27.3 Å². The van der Waals surface area contributed by atoms with Gasteiger partial charge in [0.1, 0.15) is 12.4 Å². The third-order valence-corrected chi connectivity index (χ3v) is 8.13. The van der Waals surface area contributed by atoms with Gasteiger partial charge in [0.15, 0.2) is 0 Å². The first-order chi connectivity index (χ1) is 18.2. The number of ether oxygens (including phenoxy) is 1. The molecule has 9 nitrogen and oxygen atoms in total. The molecule has 3 N–H and O–H groups in total. The number of benzene rings is 1. The standard InChI is InChI=1S/C28H27FN4O5/c1-3-13-15-8-21-26-16(10-33(21)27(36)17(15)11-38-28(13)37)25-19(31-23(35)7-6-22(30)34)5-4-14-12(2)18(29)9-20(32-26)24(14)25/h8-9,13,19H,3-7,10-11H2,1-2H3,(H2,30,34)(H,31,35)/t13-,19?/m1/s1. The second-order valence-electron chi connectivity index (χ2n) is 10.3. The maximum atomic E-state index is 15.0. The molecule has 4 heterocycles. The maximum Gasteiger partial charge on any atom is 0.313 e. The molecule has 0 fully saturated rings. The maximum absolute atomic E-state index is 15.0. The number of hydrogen-bond acceptors (Lipinski definition) is 6. The smallest absolute Gasteiger partial charge is 0.313 e. The van der Waals surface area contributed by atoms with E-state index in [0.29, 0.717) is 52.9 Å². The van der Waals surface area contributed by atoms with Crippen LogP contribution in [0.1, 0.15) is 77.9 Å². The fourth-order valence-electron chi connectivity index (χ4n) is 6.22. The van der Waals surface area contributed by atoms with Gasteiger partial charge in [-0.1, -0.05) is 6.92 Å². The summed E-state index contributed by atoms with van der Waals surface area (Å²) in [6.07, 6.45) is 1.48. The van der Waals surface area contributed by atoms with E-state index in [1.807, 2.05) is 13.0 Å². The Hall–Kier alpha value is -4.08. The molecular formula is C28H27FN4O5. The minimum absolute atomic E-state index is 0.0314. The lowest BCUT2D eigenvalue weighted by atomic mass is 9.81. The van der Waals surface area contributed by atoms with E-state index in [1.54, 1.807) is 11.5 Å². The molecule has 3 aliphatic rings. The molecule has 2 aromatic heterocycles. The molecule has 6 rings (SSSR count). The lowest BCUT2D eigenvalue weighted by Crippen LogP contribution is -2.33. The molecule has 0 saturated carbocycles. The van der Waals surface area contributed by atoms with E-state index in [0.717, 1.165) is 22.1 Å². The van der Waals surface area contributed by atoms with Gasteiger partial charge in [-0.05, 0) is 54.5 Å². The second-order valence-corrected chi connectivity index (χ2v) is 10.3. The molecule has 3 aromatic rings. The monoisotopic (exact) mass is 518 g/mol. The van der Waals surface area contributed by atoms with Crippen LogP contribution in [-0.2, 0) is 38.7 Å². The van der Waals surface area contributed by atoms with Crippen LogP contribution in [0.15, 0.2) is 16.9 Å². The summed E-state index contributed by atoms with van der Waals surface area (Å²) in [6.45, 7) is 3.77. The second kappa shape index (κ2) is 8.75. The van der Waals surface area contributed by atoms with Gasteiger partial charge < -0.3 is 20.4 Å². The van der Waals surface area contributed by atoms with Gasteiger partial charge in [0.05, 0.1) is 41.0 Å². The highest BCUT2D eigenvalue weighted by atomic mass is 19.1. The topological polar surface area (TPSA) is 133 Å². The van der Waals surface area contributed by atoms with Gasteiger partial charge in [-0.15, -0.1) is 0 Å². The van der Waals surface area contributed by atoms with Crippen molar-refractivity contribution in [3.63, 3.8) is 0 Å². The summed E-state index contributed by atoms with van der Waals surface area (Å²) in [6, 6.07) is 2.85. The van der Waals surface area contributed by atoms with Gasteiger partial charge in [-0.2, -0.15) is 0 Å². The van der Waals surface area contributed by atoms with E-state index in [4.69, 9.17) is 15.5 Å². The van der Waals surface area contributed by atoms with Crippen LogP contribution in [0.3, 0.4) is 0 Å². The number of cyclic esters (lactones) is 1. The summed E-state index contributed by atoms with van der Waals surface area (Å²) in [4.78, 5) is 54.8. The van der Waals surface area contributed by atoms with Crippen LogP contribution in [0.4, 0.5) is 4.39 Å². The minimum atomic E-state index is -0.556. The Labute approximate surface area is 217 Å². The molecule has 0 bridgehead atoms. The van der Waals surface area contributed by atoms with E-state index in [9.17, 15) is 23.6 Å². The zero-order valence-electron chi connectivity index (χ0n) is 21.2. The van der Waals surface area contributed by atoms with E-state index in [2.05, 4.69) is 5.32 Å². The molecule has 2 amide bonds. The fourth-order valence-corrected chi connectivity index (χ4v) is 6.22. The van der Waals surface area contributed by atoms with Gasteiger partial charge in [0.2, 0.25) is 11.8 Å². The van der Waals surface area contributed by atoms with Crippen LogP contribution >= 0.6 is 0 Å². The summed E-state index contributed by atoms with van der Waals surface area (Å²) in [5, 5.41) is 3.83. The number of hydrogen-bond donors (Lipinski definition) is 2. The number of esters is 1. The van der Waals surface area contributed by atoms with E-state index < -0.39 is 17.9 Å². The molecule has 0 saturated heterocycles. The number of nitrogens with one attached hydrogen (secondary N) is 1. The lowest BCUT2D eigenvalue weighted by Gasteiger charge is -2.29. The first-order valence-corrected chi connectivity index (χ1v) is 12.8. The van der Waals surface area contributed by atoms with Gasteiger partial charge in [-0.25, -0.2) is 9.37 Å². The Morgan fingerprint density at radius 3 is 2.74 bits per heavy atom. The number of halogens is 1. The molecule has 196 valence electrons. The van der Waals surface area contributed by atoms with Crippen molar-refractivity contribution in [1.29, 1.82) is 0 Å². The SMILES string of the molecule is CC[C@H]1C(=O)OCc2c1cc1n(c2=O)Cc2c-1nc1cc(F)c(C)c3c1c2C(NC(=O)CCC(N)=O)CC3. The Balaban J connectivity index is 1.56. The molecule has 10 heteroatoms. The van der Waals surface area contributed by atoms with Crippen LogP contribution in [0.25, 0.3) is 22.3 Å². The zero-order chi connectivity index (χ0) is 26.9. The summed E-state index contributed by atoms with van der Waals surface area (Å²) < 4.78 is 21.9. The lowest BCUT2D eigenvalue weighted by molar-refractivity contribution is -0.148. The molecule has 0 spiro atoms. The number of nitrogens with zero attached hydrogens (tertiary/aromatic N) is 2. The number of fused-ring (bicyclic) bond motifs is 5. The summed E-state index contributed by atoms with van der Waals surface area (Å²) in [5.74, 6) is -2.11. The van der Waals surface area contributed by atoms with Crippen LogP contribution in [0.5, 0.6) is 0 Å². The fraction of sp³-hybridized carbons (Fsp3) is 0.393. The van der Waals surface area contributed by atoms with Crippen molar-refractivity contribution in [1.82, 2.24) is 14.9 Å². The van der Waals surface area contributed by atoms with Crippen LogP contribution in [0.2, 0.25) is 0 Å². The first kappa shape index (κ1) is 24.3. The number of aromatic nitrogens is 2. The van der Waals surface area contributed by atoms with Crippen molar-refractivity contribution >= 4 is 28.7 Å². The normalized spacial score (nSPS) is 19.0. The quantitative estimate of drug-likeness (QED) is 0.391. The molecule has 1 unspecified atom stereocenters. The number of rotatable bonds is 5. The molecule has 0 radical (unpaired) electrons. The Kier molecular flexibility index (Phi) is 5.59. The molecule has 1 aromatic carbocycles.